The first-order valence-corrected chi connectivity index (χ1v) is 9.07. The highest BCUT2D eigenvalue weighted by molar-refractivity contribution is 14.0. The van der Waals surface area contributed by atoms with Crippen molar-refractivity contribution in [2.45, 2.75) is 19.0 Å². The van der Waals surface area contributed by atoms with Crippen LogP contribution in [0.25, 0.3) is 0 Å². The first-order valence-electron chi connectivity index (χ1n) is 8.69. The van der Waals surface area contributed by atoms with Crippen LogP contribution in [0, 0.1) is 10.1 Å². The van der Waals surface area contributed by atoms with Gasteiger partial charge in [0.25, 0.3) is 0 Å². The number of anilines is 1. The number of guanidine groups is 1. The van der Waals surface area contributed by atoms with E-state index in [1.165, 1.54) is 17.1 Å². The maximum Gasteiger partial charge on any atom is 0.306 e. The average molecular weight is 520 g/mol. The van der Waals surface area contributed by atoms with Gasteiger partial charge in [0.05, 0.1) is 11.5 Å². The van der Waals surface area contributed by atoms with Crippen molar-refractivity contribution in [1.82, 2.24) is 20.4 Å². The maximum absolute atomic E-state index is 10.7. The van der Waals surface area contributed by atoms with Crippen LogP contribution in [0.4, 0.5) is 11.4 Å². The van der Waals surface area contributed by atoms with E-state index in [0.717, 1.165) is 30.2 Å². The molecule has 1 aliphatic heterocycles. The molecule has 9 nitrogen and oxygen atoms in total. The van der Waals surface area contributed by atoms with Crippen molar-refractivity contribution in [2.75, 3.05) is 31.6 Å². The standard InChI is InChI=1S/C17H22ClN7O2.HI/c1-19-17(20-6-8-24-12-16(10-21-24)25(26)27)22-14-5-7-23(11-14)15-4-2-3-13(18)9-15;/h2-4,9-10,12,14H,5-8,11H2,1H3,(H2,19,20,22);1H. The fourth-order valence-electron chi connectivity index (χ4n) is 3.03. The Morgan fingerprint density at radius 1 is 1.50 bits per heavy atom. The van der Waals surface area contributed by atoms with Gasteiger partial charge in [0.1, 0.15) is 12.4 Å². The Hall–Kier alpha value is -2.08. The van der Waals surface area contributed by atoms with Crippen LogP contribution in [0.3, 0.4) is 0 Å². The summed E-state index contributed by atoms with van der Waals surface area (Å²) in [5.41, 5.74) is 1.11. The van der Waals surface area contributed by atoms with Gasteiger partial charge in [-0.05, 0) is 24.6 Å². The lowest BCUT2D eigenvalue weighted by Gasteiger charge is -2.20. The molecule has 1 saturated heterocycles. The minimum Gasteiger partial charge on any atom is -0.369 e. The van der Waals surface area contributed by atoms with Crippen LogP contribution in [0.1, 0.15) is 6.42 Å². The lowest BCUT2D eigenvalue weighted by Crippen LogP contribution is -2.45. The second kappa shape index (κ2) is 10.5. The van der Waals surface area contributed by atoms with Gasteiger partial charge in [0.2, 0.25) is 0 Å². The molecule has 2 heterocycles. The van der Waals surface area contributed by atoms with E-state index in [1.807, 2.05) is 18.2 Å². The maximum atomic E-state index is 10.7. The number of nitro groups is 1. The number of halogens is 2. The first kappa shape index (κ1) is 22.2. The molecule has 2 aromatic rings. The minimum atomic E-state index is -0.455. The fraction of sp³-hybridized carbons (Fsp3) is 0.412. The molecule has 28 heavy (non-hydrogen) atoms. The second-order valence-electron chi connectivity index (χ2n) is 6.27. The molecule has 0 saturated carbocycles. The average Bonchev–Trinajstić information content (AvgIpc) is 3.30. The van der Waals surface area contributed by atoms with Crippen LogP contribution >= 0.6 is 35.6 Å². The summed E-state index contributed by atoms with van der Waals surface area (Å²) in [5, 5.41) is 22.0. The van der Waals surface area contributed by atoms with Crippen molar-refractivity contribution in [1.29, 1.82) is 0 Å². The van der Waals surface area contributed by atoms with Crippen molar-refractivity contribution < 1.29 is 4.92 Å². The topological polar surface area (TPSA) is 101 Å². The zero-order chi connectivity index (χ0) is 19.2. The summed E-state index contributed by atoms with van der Waals surface area (Å²) in [5.74, 6) is 0.703. The zero-order valence-electron chi connectivity index (χ0n) is 15.4. The van der Waals surface area contributed by atoms with Gasteiger partial charge in [-0.15, -0.1) is 24.0 Å². The molecule has 0 bridgehead atoms. The fourth-order valence-corrected chi connectivity index (χ4v) is 3.22. The summed E-state index contributed by atoms with van der Waals surface area (Å²) in [4.78, 5) is 16.8. The molecule has 0 amide bonds. The zero-order valence-corrected chi connectivity index (χ0v) is 18.5. The van der Waals surface area contributed by atoms with Gasteiger partial charge in [-0.2, -0.15) is 5.10 Å². The molecule has 1 aromatic heterocycles. The molecule has 1 aromatic carbocycles. The van der Waals surface area contributed by atoms with Gasteiger partial charge in [0, 0.05) is 43.4 Å². The highest BCUT2D eigenvalue weighted by atomic mass is 127. The number of benzene rings is 1. The van der Waals surface area contributed by atoms with E-state index in [9.17, 15) is 10.1 Å². The lowest BCUT2D eigenvalue weighted by molar-refractivity contribution is -0.385. The highest BCUT2D eigenvalue weighted by Crippen LogP contribution is 2.23. The molecule has 11 heteroatoms. The first-order chi connectivity index (χ1) is 13.0. The lowest BCUT2D eigenvalue weighted by atomic mass is 10.3. The Balaban J connectivity index is 0.00000280. The molecule has 3 rings (SSSR count). The van der Waals surface area contributed by atoms with E-state index in [0.29, 0.717) is 19.0 Å². The van der Waals surface area contributed by atoms with Gasteiger partial charge < -0.3 is 15.5 Å². The predicted molar refractivity (Wildman–Crippen MR) is 121 cm³/mol. The van der Waals surface area contributed by atoms with Crippen LogP contribution in [0.5, 0.6) is 0 Å². The Morgan fingerprint density at radius 2 is 2.32 bits per heavy atom. The number of rotatable bonds is 6. The van der Waals surface area contributed by atoms with E-state index in [2.05, 4.69) is 31.7 Å². The van der Waals surface area contributed by atoms with E-state index in [1.54, 1.807) is 7.05 Å². The van der Waals surface area contributed by atoms with E-state index in [4.69, 9.17) is 11.6 Å². The molecule has 0 aliphatic carbocycles. The normalized spacial score (nSPS) is 16.6. The summed E-state index contributed by atoms with van der Waals surface area (Å²) < 4.78 is 1.54. The van der Waals surface area contributed by atoms with Crippen molar-refractivity contribution in [3.8, 4) is 0 Å². The Morgan fingerprint density at radius 3 is 3.00 bits per heavy atom. The highest BCUT2D eigenvalue weighted by Gasteiger charge is 2.23. The van der Waals surface area contributed by atoms with Gasteiger partial charge in [-0.25, -0.2) is 0 Å². The largest absolute Gasteiger partial charge is 0.369 e. The van der Waals surface area contributed by atoms with Gasteiger partial charge in [0.15, 0.2) is 5.96 Å². The smallest absolute Gasteiger partial charge is 0.306 e. The van der Waals surface area contributed by atoms with Crippen LogP contribution in [-0.2, 0) is 6.54 Å². The molecule has 152 valence electrons. The number of nitrogens with zero attached hydrogens (tertiary/aromatic N) is 5. The molecule has 0 radical (unpaired) electrons. The molecule has 1 fully saturated rings. The number of nitrogens with one attached hydrogen (secondary N) is 2. The quantitative estimate of drug-likeness (QED) is 0.200. The van der Waals surface area contributed by atoms with E-state index < -0.39 is 4.92 Å². The summed E-state index contributed by atoms with van der Waals surface area (Å²) in [6.45, 7) is 2.88. The monoisotopic (exact) mass is 519 g/mol. The van der Waals surface area contributed by atoms with E-state index in [-0.39, 0.29) is 35.7 Å². The van der Waals surface area contributed by atoms with Crippen molar-refractivity contribution >= 4 is 52.9 Å². The molecule has 1 atom stereocenters. The number of aromatic nitrogens is 2. The third kappa shape index (κ3) is 5.96. The molecular formula is C17H23ClIN7O2. The van der Waals surface area contributed by atoms with Crippen LogP contribution in [0.15, 0.2) is 41.7 Å². The van der Waals surface area contributed by atoms with E-state index >= 15 is 0 Å². The van der Waals surface area contributed by atoms with Crippen LogP contribution in [-0.4, -0.2) is 53.4 Å². The summed E-state index contributed by atoms with van der Waals surface area (Å²) >= 11 is 6.08. The van der Waals surface area contributed by atoms with Gasteiger partial charge in [-0.3, -0.25) is 19.8 Å². The Bertz CT molecular complexity index is 829. The molecular weight excluding hydrogens is 497 g/mol. The number of hydrogen-bond donors (Lipinski definition) is 2. The Kier molecular flexibility index (Phi) is 8.30. The second-order valence-corrected chi connectivity index (χ2v) is 6.71. The molecule has 0 spiro atoms. The molecule has 1 unspecified atom stereocenters. The van der Waals surface area contributed by atoms with Crippen molar-refractivity contribution in [2.24, 2.45) is 4.99 Å². The van der Waals surface area contributed by atoms with Crippen LogP contribution in [0.2, 0.25) is 5.02 Å². The SMILES string of the molecule is CN=C(NCCn1cc([N+](=O)[O-])cn1)NC1CCN(c2cccc(Cl)c2)C1.I. The van der Waals surface area contributed by atoms with Gasteiger partial charge in [-0.1, -0.05) is 17.7 Å². The summed E-state index contributed by atoms with van der Waals surface area (Å²) in [6.07, 6.45) is 3.66. The third-order valence-electron chi connectivity index (χ3n) is 4.39. The van der Waals surface area contributed by atoms with Crippen LogP contribution < -0.4 is 15.5 Å². The molecule has 1 aliphatic rings. The summed E-state index contributed by atoms with van der Waals surface area (Å²) in [7, 11) is 1.72. The van der Waals surface area contributed by atoms with Crippen molar-refractivity contribution in [3.05, 3.63) is 51.8 Å². The summed E-state index contributed by atoms with van der Waals surface area (Å²) in [6, 6.07) is 8.14. The minimum absolute atomic E-state index is 0. The third-order valence-corrected chi connectivity index (χ3v) is 4.62. The van der Waals surface area contributed by atoms with Gasteiger partial charge >= 0.3 is 5.69 Å². The molecule has 2 N–H and O–H groups in total. The van der Waals surface area contributed by atoms with Crippen molar-refractivity contribution in [3.63, 3.8) is 0 Å². The number of hydrogen-bond acceptors (Lipinski definition) is 5. The predicted octanol–water partition coefficient (Wildman–Crippen LogP) is 2.51. The number of aliphatic imine (C=N–C) groups is 1. The Labute approximate surface area is 185 Å².